The first-order valence-electron chi connectivity index (χ1n) is 9.58. The maximum atomic E-state index is 14.3. The number of rotatable bonds is 3. The maximum absolute atomic E-state index is 14.3. The van der Waals surface area contributed by atoms with E-state index >= 15 is 0 Å². The van der Waals surface area contributed by atoms with E-state index in [2.05, 4.69) is 25.9 Å². The third kappa shape index (κ3) is 3.74. The van der Waals surface area contributed by atoms with Gasteiger partial charge >= 0.3 is 0 Å². The van der Waals surface area contributed by atoms with Crippen molar-refractivity contribution < 1.29 is 14.0 Å². The van der Waals surface area contributed by atoms with Gasteiger partial charge in [-0.05, 0) is 15.9 Å². The molecule has 5 N–H and O–H groups in total. The summed E-state index contributed by atoms with van der Waals surface area (Å²) in [6.45, 7) is 1.55. The maximum Gasteiger partial charge on any atom is 0.295 e. The molecule has 0 bridgehead atoms. The van der Waals surface area contributed by atoms with Gasteiger partial charge in [-0.2, -0.15) is 0 Å². The number of piperazine rings is 1. The van der Waals surface area contributed by atoms with Crippen LogP contribution in [0.4, 0.5) is 4.39 Å². The summed E-state index contributed by atoms with van der Waals surface area (Å²) in [5.74, 6) is -1.55. The molecule has 0 aliphatic carbocycles. The fraction of sp³-hybridized carbons (Fsp3) is 0.190. The van der Waals surface area contributed by atoms with Crippen LogP contribution in [0.1, 0.15) is 10.4 Å². The van der Waals surface area contributed by atoms with Gasteiger partial charge in [0, 0.05) is 49.0 Å². The van der Waals surface area contributed by atoms with Crippen LogP contribution in [0, 0.1) is 5.82 Å². The van der Waals surface area contributed by atoms with Crippen molar-refractivity contribution in [1.29, 1.82) is 0 Å². The number of benzene rings is 1. The minimum absolute atomic E-state index is 0.0125. The van der Waals surface area contributed by atoms with Gasteiger partial charge in [0.25, 0.3) is 11.7 Å². The zero-order valence-electron chi connectivity index (χ0n) is 16.4. The third-order valence-corrected chi connectivity index (χ3v) is 5.98. The second kappa shape index (κ2) is 8.38. The van der Waals surface area contributed by atoms with Crippen molar-refractivity contribution in [2.45, 2.75) is 0 Å². The molecule has 1 fully saturated rings. The van der Waals surface area contributed by atoms with Crippen LogP contribution in [0.2, 0.25) is 0 Å². The molecule has 1 aliphatic rings. The van der Waals surface area contributed by atoms with E-state index in [1.807, 2.05) is 29.2 Å². The van der Waals surface area contributed by atoms with Crippen molar-refractivity contribution in [3.63, 3.8) is 0 Å². The van der Waals surface area contributed by atoms with Crippen LogP contribution in [0.3, 0.4) is 0 Å². The molecule has 10 heteroatoms. The van der Waals surface area contributed by atoms with E-state index in [-0.39, 0.29) is 10.9 Å². The Balaban J connectivity index is 1.53. The number of H-pyrrole nitrogens is 1. The largest absolute Gasteiger partial charge is 0.404 e. The van der Waals surface area contributed by atoms with Crippen molar-refractivity contribution in [2.75, 3.05) is 26.2 Å². The minimum atomic E-state index is -0.767. The lowest BCUT2D eigenvalue weighted by Crippen LogP contribution is -2.52. The fourth-order valence-electron chi connectivity index (χ4n) is 3.71. The standard InChI is InChI=1S/C21H20BrFN6O2/c22-19-17-16(15(23)11-27-19)14(10-26-17)18(30)21(31)29-7-5-28(6-8-29)20(25)13-4-2-1-3-12(13)9-24/h1-4,9-11,26H,5-8,24-25H2/b12-9-,20-13+. The first-order chi connectivity index (χ1) is 14.9. The number of aromatic nitrogens is 2. The van der Waals surface area contributed by atoms with E-state index in [9.17, 15) is 14.0 Å². The molecule has 1 saturated heterocycles. The van der Waals surface area contributed by atoms with Gasteiger partial charge in [-0.15, -0.1) is 0 Å². The summed E-state index contributed by atoms with van der Waals surface area (Å²) < 4.78 is 14.6. The van der Waals surface area contributed by atoms with Crippen molar-refractivity contribution in [3.05, 3.63) is 63.1 Å². The summed E-state index contributed by atoms with van der Waals surface area (Å²) in [5, 5.41) is 1.68. The number of amides is 1. The van der Waals surface area contributed by atoms with Crippen LogP contribution in [0.5, 0.6) is 0 Å². The first kappa shape index (κ1) is 20.9. The molecule has 1 amide bonds. The van der Waals surface area contributed by atoms with Gasteiger partial charge in [-0.1, -0.05) is 24.3 Å². The highest BCUT2D eigenvalue weighted by Crippen LogP contribution is 2.27. The van der Waals surface area contributed by atoms with Crippen LogP contribution in [-0.2, 0) is 4.79 Å². The molecular weight excluding hydrogens is 467 g/mol. The van der Waals surface area contributed by atoms with Gasteiger partial charge in [-0.25, -0.2) is 9.37 Å². The second-order valence-electron chi connectivity index (χ2n) is 7.10. The van der Waals surface area contributed by atoms with Gasteiger partial charge in [-0.3, -0.25) is 9.59 Å². The number of fused-ring (bicyclic) bond motifs is 1. The molecule has 2 aromatic heterocycles. The summed E-state index contributed by atoms with van der Waals surface area (Å²) in [4.78, 5) is 35.7. The number of aromatic amines is 1. The quantitative estimate of drug-likeness (QED) is 0.276. The number of hydrogen-bond donors (Lipinski definition) is 3. The molecule has 160 valence electrons. The lowest BCUT2D eigenvalue weighted by Gasteiger charge is -2.35. The number of halogens is 2. The number of carbonyl (C=O) groups excluding carboxylic acids is 2. The van der Waals surface area contributed by atoms with E-state index in [4.69, 9.17) is 11.5 Å². The van der Waals surface area contributed by atoms with Crippen LogP contribution in [0.15, 0.2) is 41.3 Å². The van der Waals surface area contributed by atoms with Crippen LogP contribution >= 0.6 is 15.9 Å². The Morgan fingerprint density at radius 1 is 1.16 bits per heavy atom. The van der Waals surface area contributed by atoms with E-state index in [0.717, 1.165) is 16.6 Å². The van der Waals surface area contributed by atoms with Crippen LogP contribution in [-0.4, -0.2) is 57.6 Å². The van der Waals surface area contributed by atoms with Crippen molar-refractivity contribution >= 4 is 50.5 Å². The number of hydrogen-bond acceptors (Lipinski definition) is 6. The Labute approximate surface area is 185 Å². The average molecular weight is 487 g/mol. The second-order valence-corrected chi connectivity index (χ2v) is 7.85. The van der Waals surface area contributed by atoms with Gasteiger partial charge < -0.3 is 26.3 Å². The molecule has 1 aromatic carbocycles. The van der Waals surface area contributed by atoms with E-state index in [1.54, 1.807) is 0 Å². The van der Waals surface area contributed by atoms with Gasteiger partial charge in [0.1, 0.15) is 10.4 Å². The van der Waals surface area contributed by atoms with Gasteiger partial charge in [0.15, 0.2) is 5.82 Å². The summed E-state index contributed by atoms with van der Waals surface area (Å²) in [7, 11) is 0. The molecule has 0 saturated carbocycles. The SMILES string of the molecule is N/C=c1/cccc/c1=C(/N)N1CCN(C(=O)C(=O)c2c[nH]c3c(Br)ncc(F)c23)CC1. The summed E-state index contributed by atoms with van der Waals surface area (Å²) in [6.07, 6.45) is 3.84. The fourth-order valence-corrected chi connectivity index (χ4v) is 4.13. The van der Waals surface area contributed by atoms with Crippen LogP contribution < -0.4 is 21.9 Å². The van der Waals surface area contributed by atoms with E-state index < -0.39 is 17.5 Å². The number of nitrogens with zero attached hydrogens (tertiary/aromatic N) is 3. The van der Waals surface area contributed by atoms with Crippen LogP contribution in [0.25, 0.3) is 22.9 Å². The number of carbonyl (C=O) groups is 2. The normalized spacial score (nSPS) is 16.0. The number of pyridine rings is 1. The highest BCUT2D eigenvalue weighted by molar-refractivity contribution is 9.10. The number of Topliss-reactive ketones (excluding diaryl/α,β-unsaturated/α-hetero) is 1. The molecule has 8 nitrogen and oxygen atoms in total. The molecule has 0 atom stereocenters. The molecule has 0 unspecified atom stereocenters. The minimum Gasteiger partial charge on any atom is -0.404 e. The Kier molecular flexibility index (Phi) is 5.64. The predicted octanol–water partition coefficient (Wildman–Crippen LogP) is 0.213. The lowest BCUT2D eigenvalue weighted by atomic mass is 10.1. The molecule has 0 radical (unpaired) electrons. The molecule has 1 aliphatic heterocycles. The number of nitrogens with one attached hydrogen (secondary N) is 1. The number of ketones is 1. The highest BCUT2D eigenvalue weighted by atomic mass is 79.9. The van der Waals surface area contributed by atoms with Gasteiger partial charge in [0.05, 0.1) is 22.7 Å². The summed E-state index contributed by atoms with van der Waals surface area (Å²) in [6, 6.07) is 7.50. The Hall–Kier alpha value is -3.40. The zero-order chi connectivity index (χ0) is 22.1. The molecule has 4 rings (SSSR count). The first-order valence-corrected chi connectivity index (χ1v) is 10.4. The highest BCUT2D eigenvalue weighted by Gasteiger charge is 2.30. The van der Waals surface area contributed by atoms with E-state index in [0.29, 0.717) is 42.1 Å². The Bertz CT molecular complexity index is 1300. The van der Waals surface area contributed by atoms with E-state index in [1.165, 1.54) is 17.3 Å². The summed E-state index contributed by atoms with van der Waals surface area (Å²) >= 11 is 3.21. The summed E-state index contributed by atoms with van der Waals surface area (Å²) in [5.41, 5.74) is 12.3. The topological polar surface area (TPSA) is 121 Å². The lowest BCUT2D eigenvalue weighted by molar-refractivity contribution is -0.127. The van der Waals surface area contributed by atoms with Crippen molar-refractivity contribution in [2.24, 2.45) is 11.5 Å². The van der Waals surface area contributed by atoms with Gasteiger partial charge in [0.2, 0.25) is 0 Å². The molecular formula is C21H20BrFN6O2. The number of nitrogens with two attached hydrogens (primary N) is 2. The predicted molar refractivity (Wildman–Crippen MR) is 118 cm³/mol. The molecule has 3 heterocycles. The average Bonchev–Trinajstić information content (AvgIpc) is 3.27. The monoisotopic (exact) mass is 486 g/mol. The smallest absolute Gasteiger partial charge is 0.295 e. The van der Waals surface area contributed by atoms with Crippen molar-refractivity contribution in [3.8, 4) is 0 Å². The van der Waals surface area contributed by atoms with Crippen molar-refractivity contribution in [1.82, 2.24) is 19.8 Å². The zero-order valence-corrected chi connectivity index (χ0v) is 18.0. The Morgan fingerprint density at radius 2 is 1.84 bits per heavy atom. The Morgan fingerprint density at radius 3 is 2.55 bits per heavy atom. The molecule has 0 spiro atoms. The molecule has 3 aromatic rings. The molecule has 31 heavy (non-hydrogen) atoms. The third-order valence-electron chi connectivity index (χ3n) is 5.38.